The molecule has 0 heterocycles. The summed E-state index contributed by atoms with van der Waals surface area (Å²) in [6, 6.07) is 6.43. The molecule has 4 heteroatoms. The third-order valence-corrected chi connectivity index (χ3v) is 2.01. The molecule has 1 unspecified atom stereocenters. The molecule has 1 N–H and O–H groups in total. The number of hydrogen-bond donors (Lipinski definition) is 1. The van der Waals surface area contributed by atoms with Crippen molar-refractivity contribution in [3.8, 4) is 0 Å². The van der Waals surface area contributed by atoms with Gasteiger partial charge < -0.3 is 10.1 Å². The summed E-state index contributed by atoms with van der Waals surface area (Å²) in [6.07, 6.45) is -2.36. The minimum Gasteiger partial charge on any atom is -0.380 e. The first-order chi connectivity index (χ1) is 7.13. The van der Waals surface area contributed by atoms with E-state index in [1.165, 1.54) is 6.92 Å². The number of alkyl halides is 2. The zero-order valence-electron chi connectivity index (χ0n) is 8.84. The Bertz CT molecular complexity index is 304. The van der Waals surface area contributed by atoms with Crippen LogP contribution in [-0.2, 0) is 11.3 Å². The molecular formula is C11H15F2NO. The van der Waals surface area contributed by atoms with Crippen LogP contribution < -0.4 is 5.32 Å². The average molecular weight is 215 g/mol. The lowest BCUT2D eigenvalue weighted by molar-refractivity contribution is 0.130. The van der Waals surface area contributed by atoms with Crippen LogP contribution in [-0.4, -0.2) is 19.6 Å². The van der Waals surface area contributed by atoms with Gasteiger partial charge in [-0.3, -0.25) is 0 Å². The molecule has 0 amide bonds. The number of anilines is 1. The topological polar surface area (TPSA) is 21.3 Å². The molecule has 2 nitrogen and oxygen atoms in total. The Morgan fingerprint density at radius 3 is 2.73 bits per heavy atom. The van der Waals surface area contributed by atoms with Gasteiger partial charge in [-0.15, -0.1) is 0 Å². The lowest BCUT2D eigenvalue weighted by atomic mass is 10.2. The molecule has 0 spiro atoms. The zero-order valence-corrected chi connectivity index (χ0v) is 8.84. The van der Waals surface area contributed by atoms with Crippen molar-refractivity contribution in [2.45, 2.75) is 26.0 Å². The number of halogens is 2. The van der Waals surface area contributed by atoms with Gasteiger partial charge in [0.05, 0.1) is 12.6 Å². The second kappa shape index (κ2) is 5.66. The fourth-order valence-electron chi connectivity index (χ4n) is 1.24. The van der Waals surface area contributed by atoms with Crippen molar-refractivity contribution in [1.29, 1.82) is 0 Å². The summed E-state index contributed by atoms with van der Waals surface area (Å²) < 4.78 is 29.5. The molecule has 1 aromatic rings. The van der Waals surface area contributed by atoms with Crippen LogP contribution in [0.1, 0.15) is 12.5 Å². The molecule has 0 saturated heterocycles. The number of rotatable bonds is 5. The molecule has 84 valence electrons. The van der Waals surface area contributed by atoms with E-state index in [2.05, 4.69) is 5.32 Å². The minimum atomic E-state index is -2.36. The highest BCUT2D eigenvalue weighted by atomic mass is 19.3. The minimum absolute atomic E-state index is 0.485. The Kier molecular flexibility index (Phi) is 4.49. The molecule has 0 saturated carbocycles. The Hall–Kier alpha value is -1.16. The van der Waals surface area contributed by atoms with Crippen LogP contribution in [0.2, 0.25) is 0 Å². The fourth-order valence-corrected chi connectivity index (χ4v) is 1.24. The molecule has 0 radical (unpaired) electrons. The number of methoxy groups -OCH3 is 1. The maximum absolute atomic E-state index is 12.3. The Morgan fingerprint density at radius 1 is 1.40 bits per heavy atom. The number of ether oxygens (including phenoxy) is 1. The van der Waals surface area contributed by atoms with E-state index in [0.29, 0.717) is 12.3 Å². The second-order valence-corrected chi connectivity index (χ2v) is 3.40. The van der Waals surface area contributed by atoms with E-state index in [1.54, 1.807) is 13.2 Å². The van der Waals surface area contributed by atoms with Crippen molar-refractivity contribution in [2.24, 2.45) is 0 Å². The first-order valence-corrected chi connectivity index (χ1v) is 4.76. The molecule has 1 rings (SSSR count). The van der Waals surface area contributed by atoms with Gasteiger partial charge in [-0.1, -0.05) is 12.1 Å². The number of benzene rings is 1. The Labute approximate surface area is 88.3 Å². The van der Waals surface area contributed by atoms with E-state index in [0.717, 1.165) is 5.56 Å². The quantitative estimate of drug-likeness (QED) is 0.815. The molecule has 0 bridgehead atoms. The van der Waals surface area contributed by atoms with Crippen LogP contribution in [0.3, 0.4) is 0 Å². The van der Waals surface area contributed by atoms with Gasteiger partial charge in [0.25, 0.3) is 6.43 Å². The highest BCUT2D eigenvalue weighted by molar-refractivity contribution is 5.46. The van der Waals surface area contributed by atoms with Gasteiger partial charge in [-0.2, -0.15) is 0 Å². The normalized spacial score (nSPS) is 12.9. The lowest BCUT2D eigenvalue weighted by Crippen LogP contribution is -2.23. The van der Waals surface area contributed by atoms with Crippen LogP contribution in [0, 0.1) is 0 Å². The first-order valence-electron chi connectivity index (χ1n) is 4.76. The predicted octanol–water partition coefficient (Wildman–Crippen LogP) is 2.90. The van der Waals surface area contributed by atoms with Gasteiger partial charge in [0.2, 0.25) is 0 Å². The third-order valence-electron chi connectivity index (χ3n) is 2.01. The summed E-state index contributed by atoms with van der Waals surface area (Å²) in [5.74, 6) is 0. The monoisotopic (exact) mass is 215 g/mol. The predicted molar refractivity (Wildman–Crippen MR) is 56.2 cm³/mol. The smallest absolute Gasteiger partial charge is 0.258 e. The van der Waals surface area contributed by atoms with Crippen molar-refractivity contribution in [1.82, 2.24) is 0 Å². The second-order valence-electron chi connectivity index (χ2n) is 3.40. The molecule has 0 fully saturated rings. The maximum atomic E-state index is 12.3. The molecule has 1 aromatic carbocycles. The van der Waals surface area contributed by atoms with E-state index < -0.39 is 12.5 Å². The molecule has 0 aromatic heterocycles. The number of nitrogens with one attached hydrogen (secondary N) is 1. The summed E-state index contributed by atoms with van der Waals surface area (Å²) in [6.45, 7) is 1.94. The van der Waals surface area contributed by atoms with Gasteiger partial charge in [-0.05, 0) is 24.6 Å². The van der Waals surface area contributed by atoms with E-state index in [9.17, 15) is 8.78 Å². The third kappa shape index (κ3) is 3.83. The van der Waals surface area contributed by atoms with Gasteiger partial charge in [0.1, 0.15) is 0 Å². The summed E-state index contributed by atoms with van der Waals surface area (Å²) in [7, 11) is 1.60. The van der Waals surface area contributed by atoms with Crippen LogP contribution in [0.5, 0.6) is 0 Å². The van der Waals surface area contributed by atoms with E-state index in [4.69, 9.17) is 4.74 Å². The standard InChI is InChI=1S/C11H15F2NO/c1-8(11(12)13)14-10-5-3-4-9(6-10)7-15-2/h3-6,8,11,14H,7H2,1-2H3. The van der Waals surface area contributed by atoms with Crippen molar-refractivity contribution >= 4 is 5.69 Å². The summed E-state index contributed by atoms with van der Waals surface area (Å²) in [5.41, 5.74) is 1.65. The van der Waals surface area contributed by atoms with Crippen LogP contribution in [0.4, 0.5) is 14.5 Å². The summed E-state index contributed by atoms with van der Waals surface area (Å²) in [4.78, 5) is 0. The fraction of sp³-hybridized carbons (Fsp3) is 0.455. The van der Waals surface area contributed by atoms with Crippen LogP contribution >= 0.6 is 0 Å². The average Bonchev–Trinajstić information content (AvgIpc) is 2.18. The molecule has 0 aliphatic rings. The van der Waals surface area contributed by atoms with Gasteiger partial charge in [-0.25, -0.2) is 8.78 Å². The SMILES string of the molecule is COCc1cccc(NC(C)C(F)F)c1. The molecule has 0 aliphatic carbocycles. The highest BCUT2D eigenvalue weighted by Gasteiger charge is 2.13. The maximum Gasteiger partial charge on any atom is 0.258 e. The summed E-state index contributed by atoms with van der Waals surface area (Å²) >= 11 is 0. The largest absolute Gasteiger partial charge is 0.380 e. The summed E-state index contributed by atoms with van der Waals surface area (Å²) in [5, 5.41) is 2.73. The Balaban J connectivity index is 2.64. The van der Waals surface area contributed by atoms with Gasteiger partial charge in [0.15, 0.2) is 0 Å². The number of hydrogen-bond acceptors (Lipinski definition) is 2. The highest BCUT2D eigenvalue weighted by Crippen LogP contribution is 2.14. The van der Waals surface area contributed by atoms with Gasteiger partial charge in [0, 0.05) is 12.8 Å². The Morgan fingerprint density at radius 2 is 2.13 bits per heavy atom. The van der Waals surface area contributed by atoms with E-state index in [-0.39, 0.29) is 0 Å². The lowest BCUT2D eigenvalue weighted by Gasteiger charge is -2.14. The molecule has 0 aliphatic heterocycles. The molecular weight excluding hydrogens is 200 g/mol. The van der Waals surface area contributed by atoms with Crippen LogP contribution in [0.15, 0.2) is 24.3 Å². The first kappa shape index (κ1) is 11.9. The van der Waals surface area contributed by atoms with Crippen molar-refractivity contribution in [2.75, 3.05) is 12.4 Å². The van der Waals surface area contributed by atoms with E-state index in [1.807, 2.05) is 18.2 Å². The van der Waals surface area contributed by atoms with Crippen molar-refractivity contribution in [3.63, 3.8) is 0 Å². The zero-order chi connectivity index (χ0) is 11.3. The van der Waals surface area contributed by atoms with Crippen LogP contribution in [0.25, 0.3) is 0 Å². The van der Waals surface area contributed by atoms with Crippen molar-refractivity contribution in [3.05, 3.63) is 29.8 Å². The van der Waals surface area contributed by atoms with Crippen molar-refractivity contribution < 1.29 is 13.5 Å². The van der Waals surface area contributed by atoms with E-state index >= 15 is 0 Å². The molecule has 1 atom stereocenters. The van der Waals surface area contributed by atoms with Gasteiger partial charge >= 0.3 is 0 Å². The molecule has 15 heavy (non-hydrogen) atoms.